The number of anilines is 1. The maximum atomic E-state index is 6.41. The Balaban J connectivity index is 1.73. The molecule has 0 aliphatic heterocycles. The Labute approximate surface area is 162 Å². The Morgan fingerprint density at radius 3 is 2.12 bits per heavy atom. The Morgan fingerprint density at radius 2 is 1.48 bits per heavy atom. The van der Waals surface area contributed by atoms with Crippen LogP contribution < -0.4 is 5.43 Å². The van der Waals surface area contributed by atoms with Crippen molar-refractivity contribution in [2.45, 2.75) is 6.42 Å². The first kappa shape index (κ1) is 17.8. The quantitative estimate of drug-likeness (QED) is 0.382. The molecule has 3 rings (SSSR count). The molecule has 0 atom stereocenters. The fourth-order valence-electron chi connectivity index (χ4n) is 2.36. The Morgan fingerprint density at radius 1 is 0.840 bits per heavy atom. The molecule has 25 heavy (non-hydrogen) atoms. The lowest BCUT2D eigenvalue weighted by molar-refractivity contribution is 1.19. The zero-order valence-corrected chi connectivity index (χ0v) is 15.5. The zero-order valence-electron chi connectivity index (χ0n) is 13.2. The van der Waals surface area contributed by atoms with Gasteiger partial charge in [-0.3, -0.25) is 5.43 Å². The summed E-state index contributed by atoms with van der Waals surface area (Å²) in [6, 6.07) is 21.1. The van der Waals surface area contributed by atoms with E-state index in [-0.39, 0.29) is 0 Å². The molecule has 3 aromatic carbocycles. The topological polar surface area (TPSA) is 24.4 Å². The minimum absolute atomic E-state index is 0.597. The zero-order chi connectivity index (χ0) is 17.6. The third-order valence-electron chi connectivity index (χ3n) is 3.64. The van der Waals surface area contributed by atoms with E-state index in [1.165, 1.54) is 0 Å². The molecule has 2 nitrogen and oxygen atoms in total. The summed E-state index contributed by atoms with van der Waals surface area (Å²) in [6.45, 7) is 0. The van der Waals surface area contributed by atoms with Gasteiger partial charge < -0.3 is 0 Å². The van der Waals surface area contributed by atoms with Crippen LogP contribution in [0.25, 0.3) is 0 Å². The highest BCUT2D eigenvalue weighted by Crippen LogP contribution is 2.31. The van der Waals surface area contributed by atoms with Gasteiger partial charge >= 0.3 is 0 Å². The lowest BCUT2D eigenvalue weighted by Crippen LogP contribution is -1.95. The van der Waals surface area contributed by atoms with Crippen LogP contribution in [0.4, 0.5) is 5.69 Å². The minimum atomic E-state index is 0.597. The molecule has 0 saturated heterocycles. The van der Waals surface area contributed by atoms with E-state index in [1.54, 1.807) is 6.21 Å². The lowest BCUT2D eigenvalue weighted by atomic mass is 10.0. The summed E-state index contributed by atoms with van der Waals surface area (Å²) in [7, 11) is 0. The summed E-state index contributed by atoms with van der Waals surface area (Å²) in [5, 5.41) is 6.11. The molecule has 0 radical (unpaired) electrons. The van der Waals surface area contributed by atoms with Crippen molar-refractivity contribution in [3.63, 3.8) is 0 Å². The van der Waals surface area contributed by atoms with Crippen LogP contribution in [0, 0.1) is 0 Å². The SMILES string of the molecule is Clc1ccc(Cc2c(Cl)cc(N/N=C/c3ccccc3)cc2Cl)cc1. The number of benzene rings is 3. The maximum Gasteiger partial charge on any atom is 0.0591 e. The molecule has 0 unspecified atom stereocenters. The fraction of sp³-hybridized carbons (Fsp3) is 0.0500. The molecule has 126 valence electrons. The van der Waals surface area contributed by atoms with Crippen molar-refractivity contribution in [3.8, 4) is 0 Å². The summed E-state index contributed by atoms with van der Waals surface area (Å²) >= 11 is 18.7. The second kappa shape index (κ2) is 8.39. The highest BCUT2D eigenvalue weighted by Gasteiger charge is 2.09. The highest BCUT2D eigenvalue weighted by molar-refractivity contribution is 6.36. The summed E-state index contributed by atoms with van der Waals surface area (Å²) in [4.78, 5) is 0. The van der Waals surface area contributed by atoms with Gasteiger partial charge in [-0.2, -0.15) is 5.10 Å². The average molecular weight is 390 g/mol. The molecule has 1 N–H and O–H groups in total. The molecular formula is C20H15Cl3N2. The van der Waals surface area contributed by atoms with Gasteiger partial charge in [-0.05, 0) is 41.0 Å². The second-order valence-electron chi connectivity index (χ2n) is 5.50. The third-order valence-corrected chi connectivity index (χ3v) is 4.57. The number of hydrogen-bond donors (Lipinski definition) is 1. The Hall–Kier alpha value is -2.00. The van der Waals surface area contributed by atoms with Crippen LogP contribution >= 0.6 is 34.8 Å². The van der Waals surface area contributed by atoms with Crippen LogP contribution in [-0.2, 0) is 6.42 Å². The number of halogens is 3. The molecule has 0 fully saturated rings. The molecule has 0 heterocycles. The summed E-state index contributed by atoms with van der Waals surface area (Å²) < 4.78 is 0. The van der Waals surface area contributed by atoms with E-state index in [9.17, 15) is 0 Å². The van der Waals surface area contributed by atoms with E-state index in [0.29, 0.717) is 21.5 Å². The van der Waals surface area contributed by atoms with E-state index in [2.05, 4.69) is 10.5 Å². The first-order chi connectivity index (χ1) is 12.1. The fourth-order valence-corrected chi connectivity index (χ4v) is 3.11. The maximum absolute atomic E-state index is 6.41. The Bertz CT molecular complexity index is 852. The van der Waals surface area contributed by atoms with Crippen molar-refractivity contribution in [2.75, 3.05) is 5.43 Å². The van der Waals surface area contributed by atoms with Gasteiger partial charge in [0.2, 0.25) is 0 Å². The van der Waals surface area contributed by atoms with Gasteiger partial charge in [-0.15, -0.1) is 0 Å². The lowest BCUT2D eigenvalue weighted by Gasteiger charge is -2.10. The third kappa shape index (κ3) is 4.99. The number of rotatable bonds is 5. The van der Waals surface area contributed by atoms with Crippen LogP contribution in [0.2, 0.25) is 15.1 Å². The summed E-state index contributed by atoms with van der Waals surface area (Å²) in [5.41, 5.74) is 6.67. The van der Waals surface area contributed by atoms with Crippen LogP contribution in [0.3, 0.4) is 0 Å². The van der Waals surface area contributed by atoms with Crippen LogP contribution in [0.5, 0.6) is 0 Å². The van der Waals surface area contributed by atoms with Gasteiger partial charge in [0.05, 0.1) is 11.9 Å². The van der Waals surface area contributed by atoms with E-state index in [1.807, 2.05) is 66.7 Å². The highest BCUT2D eigenvalue weighted by atomic mass is 35.5. The van der Waals surface area contributed by atoms with Crippen molar-refractivity contribution in [2.24, 2.45) is 5.10 Å². The molecule has 0 aliphatic rings. The van der Waals surface area contributed by atoms with Gasteiger partial charge in [-0.25, -0.2) is 0 Å². The van der Waals surface area contributed by atoms with Crippen LogP contribution in [0.1, 0.15) is 16.7 Å². The molecule has 0 aliphatic carbocycles. The van der Waals surface area contributed by atoms with Gasteiger partial charge in [0.1, 0.15) is 0 Å². The molecule has 0 aromatic heterocycles. The van der Waals surface area contributed by atoms with Gasteiger partial charge in [0, 0.05) is 21.5 Å². The van der Waals surface area contributed by atoms with Gasteiger partial charge in [0.25, 0.3) is 0 Å². The van der Waals surface area contributed by atoms with Crippen LogP contribution in [0.15, 0.2) is 71.8 Å². The predicted octanol–water partition coefficient (Wildman–Crippen LogP) is 6.68. The first-order valence-corrected chi connectivity index (χ1v) is 8.82. The molecule has 0 spiro atoms. The Kier molecular flexibility index (Phi) is 5.98. The smallest absolute Gasteiger partial charge is 0.0591 e. The molecule has 0 bridgehead atoms. The molecule has 0 amide bonds. The van der Waals surface area contributed by atoms with Crippen molar-refractivity contribution >= 4 is 46.7 Å². The summed E-state index contributed by atoms with van der Waals surface area (Å²) in [5.74, 6) is 0. The number of nitrogens with zero attached hydrogens (tertiary/aromatic N) is 1. The number of hydrazone groups is 1. The molecule has 0 saturated carbocycles. The average Bonchev–Trinajstić information content (AvgIpc) is 2.61. The predicted molar refractivity (Wildman–Crippen MR) is 108 cm³/mol. The normalized spacial score (nSPS) is 11.0. The monoisotopic (exact) mass is 388 g/mol. The molecule has 3 aromatic rings. The van der Waals surface area contributed by atoms with Crippen molar-refractivity contribution < 1.29 is 0 Å². The van der Waals surface area contributed by atoms with Gasteiger partial charge in [0.15, 0.2) is 0 Å². The summed E-state index contributed by atoms with van der Waals surface area (Å²) in [6.07, 6.45) is 2.38. The number of hydrogen-bond acceptors (Lipinski definition) is 2. The largest absolute Gasteiger partial charge is 0.278 e. The standard InChI is InChI=1S/C20H15Cl3N2/c21-16-8-6-14(7-9-16)10-18-19(22)11-17(12-20(18)23)25-24-13-15-4-2-1-3-5-15/h1-9,11-13,25H,10H2/b24-13+. The van der Waals surface area contributed by atoms with E-state index >= 15 is 0 Å². The van der Waals surface area contributed by atoms with E-state index < -0.39 is 0 Å². The van der Waals surface area contributed by atoms with Gasteiger partial charge in [-0.1, -0.05) is 77.3 Å². The minimum Gasteiger partial charge on any atom is -0.278 e. The second-order valence-corrected chi connectivity index (χ2v) is 6.75. The van der Waals surface area contributed by atoms with Crippen LogP contribution in [-0.4, -0.2) is 6.21 Å². The molecule has 5 heteroatoms. The van der Waals surface area contributed by atoms with Crippen molar-refractivity contribution in [1.29, 1.82) is 0 Å². The molecular weight excluding hydrogens is 375 g/mol. The van der Waals surface area contributed by atoms with E-state index in [4.69, 9.17) is 34.8 Å². The first-order valence-electron chi connectivity index (χ1n) is 7.68. The number of nitrogens with one attached hydrogen (secondary N) is 1. The van der Waals surface area contributed by atoms with E-state index in [0.717, 1.165) is 22.4 Å². The van der Waals surface area contributed by atoms with Crippen molar-refractivity contribution in [1.82, 2.24) is 0 Å². The van der Waals surface area contributed by atoms with Crippen molar-refractivity contribution in [3.05, 3.63) is 98.5 Å².